The van der Waals surface area contributed by atoms with Crippen LogP contribution >= 0.6 is 0 Å². The summed E-state index contributed by atoms with van der Waals surface area (Å²) in [5.74, 6) is 0.746. The van der Waals surface area contributed by atoms with E-state index < -0.39 is 16.6 Å². The van der Waals surface area contributed by atoms with Gasteiger partial charge in [-0.2, -0.15) is 0 Å². The Morgan fingerprint density at radius 2 is 1.72 bits per heavy atom. The lowest BCUT2D eigenvalue weighted by molar-refractivity contribution is -0.0513. The summed E-state index contributed by atoms with van der Waals surface area (Å²) >= 11 is 0. The number of ether oxygens (including phenoxy) is 1. The topological polar surface area (TPSA) is 63.6 Å². The van der Waals surface area contributed by atoms with Crippen molar-refractivity contribution in [2.24, 2.45) is 4.99 Å². The molecule has 32 heavy (non-hydrogen) atoms. The Morgan fingerprint density at radius 1 is 1.09 bits per heavy atom. The first-order valence-corrected chi connectivity index (χ1v) is 17.6. The van der Waals surface area contributed by atoms with E-state index in [1.807, 2.05) is 12.3 Å². The van der Waals surface area contributed by atoms with Crippen LogP contribution in [0, 0.1) is 0 Å². The maximum atomic E-state index is 13.1. The zero-order valence-corrected chi connectivity index (χ0v) is 23.7. The molecule has 0 saturated carbocycles. The van der Waals surface area contributed by atoms with Crippen LogP contribution < -0.4 is 0 Å². The minimum atomic E-state index is -2.02. The molecule has 3 aliphatic heterocycles. The van der Waals surface area contributed by atoms with Crippen molar-refractivity contribution in [1.82, 2.24) is 9.80 Å². The smallest absolute Gasteiger partial charge is 0.331 e. The van der Waals surface area contributed by atoms with Crippen LogP contribution in [0.15, 0.2) is 17.3 Å². The third kappa shape index (κ3) is 5.06. The van der Waals surface area contributed by atoms with Crippen molar-refractivity contribution in [3.05, 3.63) is 12.3 Å². The van der Waals surface area contributed by atoms with E-state index in [2.05, 4.69) is 72.7 Å². The first-order valence-electron chi connectivity index (χ1n) is 11.8. The van der Waals surface area contributed by atoms with Gasteiger partial charge in [-0.05, 0) is 42.3 Å². The number of carbonyl (C=O) groups excluding carboxylic acids is 1. The number of aliphatic imine (C=N–C) groups is 1. The van der Waals surface area contributed by atoms with Gasteiger partial charge in [-0.1, -0.05) is 41.5 Å². The summed E-state index contributed by atoms with van der Waals surface area (Å²) in [5.41, 5.74) is 0. The molecular weight excluding hydrogens is 438 g/mol. The van der Waals surface area contributed by atoms with Gasteiger partial charge in [-0.15, -0.1) is 0 Å². The molecule has 0 bridgehead atoms. The third-order valence-corrected chi connectivity index (χ3v) is 16.9. The molecule has 0 aromatic heterocycles. The van der Waals surface area contributed by atoms with E-state index in [1.165, 1.54) is 0 Å². The SMILES string of the molecule is CC(C)(C)[Si](C)(C)OC[C@H]1O[C@@H](N2C=CC3=NCCN3C2=O)C[C@@H]1O[Si](C)(C)C(C)(C)C. The van der Waals surface area contributed by atoms with E-state index in [1.54, 1.807) is 9.80 Å². The van der Waals surface area contributed by atoms with Crippen LogP contribution in [0.25, 0.3) is 0 Å². The number of hydrogen-bond acceptors (Lipinski definition) is 5. The number of nitrogens with zero attached hydrogens (tertiary/aromatic N) is 3. The maximum Gasteiger partial charge on any atom is 0.331 e. The highest BCUT2D eigenvalue weighted by Gasteiger charge is 2.48. The number of fused-ring (bicyclic) bond motifs is 1. The van der Waals surface area contributed by atoms with Crippen LogP contribution in [0.4, 0.5) is 4.79 Å². The minimum absolute atomic E-state index is 0.0641. The molecule has 0 N–H and O–H groups in total. The number of amidine groups is 1. The molecule has 9 heteroatoms. The predicted molar refractivity (Wildman–Crippen MR) is 134 cm³/mol. The standard InChI is InChI=1S/C23H43N3O4Si2/c1-22(2,3)31(7,8)28-16-18-17(30-32(9,10)23(4,5)6)15-20(29-18)26-13-11-19-24-12-14-25(19)21(26)27/h11,13,17-18,20H,12,14-16H2,1-10H3/t17-,18+,20+/m0/s1. The fourth-order valence-electron chi connectivity index (χ4n) is 3.58. The van der Waals surface area contributed by atoms with Crippen molar-refractivity contribution in [3.8, 4) is 0 Å². The van der Waals surface area contributed by atoms with Gasteiger partial charge in [-0.25, -0.2) is 4.79 Å². The van der Waals surface area contributed by atoms with Crippen LogP contribution in [0.3, 0.4) is 0 Å². The van der Waals surface area contributed by atoms with Gasteiger partial charge in [0.05, 0.1) is 19.3 Å². The van der Waals surface area contributed by atoms with Gasteiger partial charge in [0.2, 0.25) is 0 Å². The molecule has 2 amide bonds. The Morgan fingerprint density at radius 3 is 2.31 bits per heavy atom. The molecule has 1 fully saturated rings. The molecule has 3 aliphatic rings. The highest BCUT2D eigenvalue weighted by Crippen LogP contribution is 2.41. The van der Waals surface area contributed by atoms with Crippen molar-refractivity contribution in [1.29, 1.82) is 0 Å². The fraction of sp³-hybridized carbons (Fsp3) is 0.826. The number of rotatable bonds is 6. The van der Waals surface area contributed by atoms with Crippen molar-refractivity contribution < 1.29 is 18.4 Å². The monoisotopic (exact) mass is 481 g/mol. The summed E-state index contributed by atoms with van der Waals surface area (Å²) in [7, 11) is -3.95. The summed E-state index contributed by atoms with van der Waals surface area (Å²) in [5, 5.41) is 0.218. The number of urea groups is 1. The Kier molecular flexibility index (Phi) is 6.92. The van der Waals surface area contributed by atoms with E-state index >= 15 is 0 Å². The lowest BCUT2D eigenvalue weighted by atomic mass is 10.2. The quantitative estimate of drug-likeness (QED) is 0.491. The van der Waals surface area contributed by atoms with Crippen LogP contribution in [0.1, 0.15) is 48.0 Å². The van der Waals surface area contributed by atoms with Gasteiger partial charge in [0.1, 0.15) is 18.2 Å². The van der Waals surface area contributed by atoms with E-state index in [4.69, 9.17) is 13.6 Å². The molecule has 0 radical (unpaired) electrons. The first kappa shape index (κ1) is 25.6. The van der Waals surface area contributed by atoms with Crippen LogP contribution in [-0.4, -0.2) is 76.4 Å². The Bertz CT molecular complexity index is 783. The van der Waals surface area contributed by atoms with Crippen molar-refractivity contribution in [2.75, 3.05) is 19.7 Å². The molecular formula is C23H43N3O4Si2. The van der Waals surface area contributed by atoms with E-state index in [-0.39, 0.29) is 34.5 Å². The molecule has 0 aromatic carbocycles. The predicted octanol–water partition coefficient (Wildman–Crippen LogP) is 5.18. The van der Waals surface area contributed by atoms with Gasteiger partial charge in [-0.3, -0.25) is 14.8 Å². The zero-order chi connectivity index (χ0) is 24.1. The van der Waals surface area contributed by atoms with E-state index in [0.29, 0.717) is 26.1 Å². The molecule has 3 rings (SSSR count). The highest BCUT2D eigenvalue weighted by molar-refractivity contribution is 6.74. The second-order valence-corrected chi connectivity index (χ2v) is 21.8. The highest BCUT2D eigenvalue weighted by atomic mass is 28.4. The Labute approximate surface area is 196 Å². The van der Waals surface area contributed by atoms with Crippen LogP contribution in [0.2, 0.25) is 36.3 Å². The van der Waals surface area contributed by atoms with Gasteiger partial charge in [0.25, 0.3) is 0 Å². The van der Waals surface area contributed by atoms with Gasteiger partial charge in [0.15, 0.2) is 16.6 Å². The van der Waals surface area contributed by atoms with Crippen LogP contribution in [-0.2, 0) is 13.6 Å². The molecule has 0 aromatic rings. The fourth-order valence-corrected chi connectivity index (χ4v) is 5.95. The molecule has 1 saturated heterocycles. The first-order chi connectivity index (χ1) is 14.5. The molecule has 0 aliphatic carbocycles. The summed E-state index contributed by atoms with van der Waals surface area (Å²) in [6, 6.07) is -0.0641. The molecule has 3 atom stereocenters. The third-order valence-electron chi connectivity index (χ3n) is 7.87. The summed E-state index contributed by atoms with van der Waals surface area (Å²) in [6.45, 7) is 24.3. The molecule has 0 spiro atoms. The van der Waals surface area contributed by atoms with E-state index in [9.17, 15) is 4.79 Å². The summed E-state index contributed by atoms with van der Waals surface area (Å²) < 4.78 is 19.8. The zero-order valence-electron chi connectivity index (χ0n) is 21.7. The average molecular weight is 482 g/mol. The molecule has 7 nitrogen and oxygen atoms in total. The van der Waals surface area contributed by atoms with Gasteiger partial charge in [0, 0.05) is 19.2 Å². The van der Waals surface area contributed by atoms with Crippen molar-refractivity contribution in [2.45, 2.75) is 103 Å². The van der Waals surface area contributed by atoms with E-state index in [0.717, 1.165) is 5.84 Å². The summed E-state index contributed by atoms with van der Waals surface area (Å²) in [4.78, 5) is 20.9. The second-order valence-electron chi connectivity index (χ2n) is 12.2. The number of hydrogen-bond donors (Lipinski definition) is 0. The minimum Gasteiger partial charge on any atom is -0.414 e. The van der Waals surface area contributed by atoms with Gasteiger partial charge >= 0.3 is 6.03 Å². The average Bonchev–Trinajstić information content (AvgIpc) is 3.25. The molecule has 182 valence electrons. The number of amides is 2. The van der Waals surface area contributed by atoms with Crippen molar-refractivity contribution >= 4 is 28.5 Å². The van der Waals surface area contributed by atoms with Crippen molar-refractivity contribution in [3.63, 3.8) is 0 Å². The van der Waals surface area contributed by atoms with Gasteiger partial charge < -0.3 is 13.6 Å². The lowest BCUT2D eigenvalue weighted by Gasteiger charge is -2.40. The molecule has 0 unspecified atom stereocenters. The Hall–Kier alpha value is -1.01. The van der Waals surface area contributed by atoms with Crippen LogP contribution in [0.5, 0.6) is 0 Å². The number of carbonyl (C=O) groups is 1. The second kappa shape index (κ2) is 8.65. The largest absolute Gasteiger partial charge is 0.414 e. The normalized spacial score (nSPS) is 27.2. The maximum absolute atomic E-state index is 13.1. The summed E-state index contributed by atoms with van der Waals surface area (Å²) in [6.07, 6.45) is 3.71. The Balaban J connectivity index is 1.78. The lowest BCUT2D eigenvalue weighted by Crippen LogP contribution is -2.49. The molecule has 3 heterocycles.